The van der Waals surface area contributed by atoms with Crippen molar-refractivity contribution in [2.75, 3.05) is 0 Å². The highest BCUT2D eigenvalue weighted by Gasteiger charge is 2.09. The molecule has 0 saturated carbocycles. The van der Waals surface area contributed by atoms with Gasteiger partial charge in [0.15, 0.2) is 0 Å². The van der Waals surface area contributed by atoms with Crippen LogP contribution >= 0.6 is 0 Å². The van der Waals surface area contributed by atoms with Gasteiger partial charge < -0.3 is 15.8 Å². The summed E-state index contributed by atoms with van der Waals surface area (Å²) in [6.07, 6.45) is 0.336. The summed E-state index contributed by atoms with van der Waals surface area (Å²) in [7, 11) is 0. The van der Waals surface area contributed by atoms with Crippen molar-refractivity contribution < 1.29 is 9.53 Å². The summed E-state index contributed by atoms with van der Waals surface area (Å²) in [5, 5.41) is 2.74. The molecule has 0 bridgehead atoms. The van der Waals surface area contributed by atoms with Gasteiger partial charge in [-0.2, -0.15) is 0 Å². The molecule has 1 aromatic carbocycles. The Morgan fingerprint density at radius 2 is 2.00 bits per heavy atom. The minimum Gasteiger partial charge on any atom is -0.445 e. The van der Waals surface area contributed by atoms with Crippen LogP contribution in [0.15, 0.2) is 30.3 Å². The summed E-state index contributed by atoms with van der Waals surface area (Å²) >= 11 is 0. The monoisotopic (exact) mass is 236 g/mol. The van der Waals surface area contributed by atoms with Crippen LogP contribution in [0.4, 0.5) is 4.79 Å². The van der Waals surface area contributed by atoms with Crippen molar-refractivity contribution in [1.29, 1.82) is 0 Å². The van der Waals surface area contributed by atoms with E-state index in [1.807, 2.05) is 44.2 Å². The standard InChI is InChI=1S/C13H20N2O2/c1-10(14)8-11(2)15-13(16)17-9-12-6-4-3-5-7-12/h3-7,10-11H,8-9,14H2,1-2H3,(H,15,16)/t10-,11-/m1/s1. The number of nitrogens with one attached hydrogen (secondary N) is 1. The van der Waals surface area contributed by atoms with Crippen LogP contribution in [0.1, 0.15) is 25.8 Å². The fourth-order valence-corrected chi connectivity index (χ4v) is 1.58. The van der Waals surface area contributed by atoms with E-state index < -0.39 is 6.09 Å². The lowest BCUT2D eigenvalue weighted by Gasteiger charge is -2.15. The fraction of sp³-hybridized carbons (Fsp3) is 0.462. The van der Waals surface area contributed by atoms with Gasteiger partial charge in [-0.05, 0) is 25.8 Å². The van der Waals surface area contributed by atoms with Crippen LogP contribution in [0.2, 0.25) is 0 Å². The van der Waals surface area contributed by atoms with Crippen molar-refractivity contribution in [3.05, 3.63) is 35.9 Å². The third kappa shape index (κ3) is 5.92. The van der Waals surface area contributed by atoms with E-state index in [9.17, 15) is 4.79 Å². The number of rotatable bonds is 5. The second-order valence-electron chi connectivity index (χ2n) is 4.32. The van der Waals surface area contributed by atoms with Gasteiger partial charge in [0.05, 0.1) is 0 Å². The molecule has 0 radical (unpaired) electrons. The van der Waals surface area contributed by atoms with E-state index in [4.69, 9.17) is 10.5 Å². The van der Waals surface area contributed by atoms with Gasteiger partial charge >= 0.3 is 6.09 Å². The first-order valence-electron chi connectivity index (χ1n) is 5.80. The smallest absolute Gasteiger partial charge is 0.407 e. The molecule has 0 heterocycles. The minimum atomic E-state index is -0.401. The molecule has 0 unspecified atom stereocenters. The second-order valence-corrected chi connectivity index (χ2v) is 4.32. The summed E-state index contributed by atoms with van der Waals surface area (Å²) in [4.78, 5) is 11.4. The molecular weight excluding hydrogens is 216 g/mol. The molecule has 1 rings (SSSR count). The Bertz CT molecular complexity index is 339. The van der Waals surface area contributed by atoms with Crippen LogP contribution in [0.5, 0.6) is 0 Å². The van der Waals surface area contributed by atoms with Gasteiger partial charge in [0, 0.05) is 12.1 Å². The van der Waals surface area contributed by atoms with E-state index in [1.54, 1.807) is 0 Å². The van der Waals surface area contributed by atoms with Crippen LogP contribution in [0, 0.1) is 0 Å². The van der Waals surface area contributed by atoms with Crippen molar-refractivity contribution in [3.8, 4) is 0 Å². The molecule has 2 atom stereocenters. The Morgan fingerprint density at radius 3 is 2.59 bits per heavy atom. The first-order valence-corrected chi connectivity index (χ1v) is 5.80. The number of alkyl carbamates (subject to hydrolysis) is 1. The third-order valence-electron chi connectivity index (χ3n) is 2.30. The van der Waals surface area contributed by atoms with E-state index >= 15 is 0 Å². The van der Waals surface area contributed by atoms with Gasteiger partial charge in [-0.3, -0.25) is 0 Å². The van der Waals surface area contributed by atoms with Gasteiger partial charge in [-0.25, -0.2) is 4.79 Å². The van der Waals surface area contributed by atoms with Gasteiger partial charge in [0.1, 0.15) is 6.61 Å². The summed E-state index contributed by atoms with van der Waals surface area (Å²) in [5.41, 5.74) is 6.62. The topological polar surface area (TPSA) is 64.3 Å². The van der Waals surface area contributed by atoms with Crippen molar-refractivity contribution >= 4 is 6.09 Å². The molecule has 1 amide bonds. The number of amides is 1. The highest BCUT2D eigenvalue weighted by Crippen LogP contribution is 2.01. The van der Waals surface area contributed by atoms with E-state index in [2.05, 4.69) is 5.32 Å². The Morgan fingerprint density at radius 1 is 1.35 bits per heavy atom. The SMILES string of the molecule is C[C@H](C[C@@H](C)N)NC(=O)OCc1ccccc1. The molecule has 94 valence electrons. The summed E-state index contributed by atoms with van der Waals surface area (Å²) < 4.78 is 5.09. The number of hydrogen-bond donors (Lipinski definition) is 2. The highest BCUT2D eigenvalue weighted by molar-refractivity contribution is 5.67. The van der Waals surface area contributed by atoms with Crippen LogP contribution in [-0.4, -0.2) is 18.2 Å². The van der Waals surface area contributed by atoms with Crippen LogP contribution in [0.3, 0.4) is 0 Å². The zero-order valence-corrected chi connectivity index (χ0v) is 10.3. The molecule has 0 saturated heterocycles. The first-order chi connectivity index (χ1) is 8.08. The molecule has 0 aliphatic heterocycles. The maximum atomic E-state index is 11.4. The number of hydrogen-bond acceptors (Lipinski definition) is 3. The van der Waals surface area contributed by atoms with Gasteiger partial charge in [-0.1, -0.05) is 30.3 Å². The Labute approximate surface area is 102 Å². The number of carbonyl (C=O) groups excluding carboxylic acids is 1. The molecule has 0 aromatic heterocycles. The fourth-order valence-electron chi connectivity index (χ4n) is 1.58. The van der Waals surface area contributed by atoms with E-state index in [1.165, 1.54) is 0 Å². The largest absolute Gasteiger partial charge is 0.445 e. The highest BCUT2D eigenvalue weighted by atomic mass is 16.5. The number of benzene rings is 1. The minimum absolute atomic E-state index is 0.0262. The summed E-state index contributed by atoms with van der Waals surface area (Å²) in [5.74, 6) is 0. The molecule has 17 heavy (non-hydrogen) atoms. The van der Waals surface area contributed by atoms with Crippen LogP contribution < -0.4 is 11.1 Å². The number of carbonyl (C=O) groups is 1. The number of ether oxygens (including phenoxy) is 1. The lowest BCUT2D eigenvalue weighted by atomic mass is 10.1. The van der Waals surface area contributed by atoms with E-state index in [-0.39, 0.29) is 18.7 Å². The Kier molecular flexibility index (Phi) is 5.49. The van der Waals surface area contributed by atoms with Crippen molar-refractivity contribution in [2.24, 2.45) is 5.73 Å². The summed E-state index contributed by atoms with van der Waals surface area (Å²) in [6.45, 7) is 4.11. The molecule has 4 heteroatoms. The maximum Gasteiger partial charge on any atom is 0.407 e. The molecule has 3 N–H and O–H groups in total. The molecule has 0 fully saturated rings. The van der Waals surface area contributed by atoms with Gasteiger partial charge in [0.2, 0.25) is 0 Å². The second kappa shape index (κ2) is 6.91. The molecule has 4 nitrogen and oxygen atoms in total. The zero-order valence-electron chi connectivity index (χ0n) is 10.3. The van der Waals surface area contributed by atoms with E-state index in [0.717, 1.165) is 12.0 Å². The van der Waals surface area contributed by atoms with Gasteiger partial charge in [0.25, 0.3) is 0 Å². The normalized spacial score (nSPS) is 13.8. The van der Waals surface area contributed by atoms with Crippen LogP contribution in [0.25, 0.3) is 0 Å². The van der Waals surface area contributed by atoms with Crippen molar-refractivity contribution in [2.45, 2.75) is 39.0 Å². The van der Waals surface area contributed by atoms with Crippen molar-refractivity contribution in [1.82, 2.24) is 5.32 Å². The Balaban J connectivity index is 2.26. The average molecular weight is 236 g/mol. The van der Waals surface area contributed by atoms with Gasteiger partial charge in [-0.15, -0.1) is 0 Å². The molecule has 1 aromatic rings. The Hall–Kier alpha value is -1.55. The summed E-state index contributed by atoms with van der Waals surface area (Å²) in [6, 6.07) is 9.67. The van der Waals surface area contributed by atoms with E-state index in [0.29, 0.717) is 0 Å². The lowest BCUT2D eigenvalue weighted by molar-refractivity contribution is 0.135. The lowest BCUT2D eigenvalue weighted by Crippen LogP contribution is -2.36. The first kappa shape index (κ1) is 13.5. The zero-order chi connectivity index (χ0) is 12.7. The van der Waals surface area contributed by atoms with Crippen LogP contribution in [-0.2, 0) is 11.3 Å². The molecular formula is C13H20N2O2. The molecule has 0 spiro atoms. The third-order valence-corrected chi connectivity index (χ3v) is 2.30. The molecule has 0 aliphatic carbocycles. The quantitative estimate of drug-likeness (QED) is 0.822. The van der Waals surface area contributed by atoms with Crippen molar-refractivity contribution in [3.63, 3.8) is 0 Å². The maximum absolute atomic E-state index is 11.4. The number of nitrogens with two attached hydrogens (primary N) is 1. The molecule has 0 aliphatic rings. The average Bonchev–Trinajstić information content (AvgIpc) is 2.26. The predicted molar refractivity (Wildman–Crippen MR) is 67.5 cm³/mol. The predicted octanol–water partition coefficient (Wildman–Crippen LogP) is 2.04.